The van der Waals surface area contributed by atoms with Crippen molar-refractivity contribution in [3.05, 3.63) is 87.9 Å². The Morgan fingerprint density at radius 2 is 1.62 bits per heavy atom. The van der Waals surface area contributed by atoms with Crippen LogP contribution in [-0.4, -0.2) is 55.5 Å². The van der Waals surface area contributed by atoms with E-state index in [1.807, 2.05) is 54.6 Å². The highest BCUT2D eigenvalue weighted by Crippen LogP contribution is 2.32. The molecule has 34 heavy (non-hydrogen) atoms. The number of amides is 1. The van der Waals surface area contributed by atoms with Crippen molar-refractivity contribution in [3.8, 4) is 16.9 Å². The van der Waals surface area contributed by atoms with Crippen molar-refractivity contribution in [3.63, 3.8) is 0 Å². The van der Waals surface area contributed by atoms with Crippen LogP contribution in [0.3, 0.4) is 0 Å². The Bertz CT molecular complexity index is 1120. The molecule has 1 N–H and O–H groups in total. The van der Waals surface area contributed by atoms with Crippen LogP contribution in [0.5, 0.6) is 5.75 Å². The smallest absolute Gasteiger partial charge is 0.258 e. The Labute approximate surface area is 211 Å². The quantitative estimate of drug-likeness (QED) is 0.469. The molecule has 0 atom stereocenters. The first-order chi connectivity index (χ1) is 16.5. The van der Waals surface area contributed by atoms with Gasteiger partial charge in [0.15, 0.2) is 6.61 Å². The summed E-state index contributed by atoms with van der Waals surface area (Å²) >= 11 is 12.3. The van der Waals surface area contributed by atoms with Gasteiger partial charge in [-0.15, -0.1) is 0 Å². The molecule has 0 unspecified atom stereocenters. The van der Waals surface area contributed by atoms with Gasteiger partial charge in [-0.3, -0.25) is 9.69 Å². The van der Waals surface area contributed by atoms with Gasteiger partial charge in [0, 0.05) is 44.8 Å². The predicted molar refractivity (Wildman–Crippen MR) is 138 cm³/mol. The fourth-order valence-electron chi connectivity index (χ4n) is 3.94. The Morgan fingerprint density at radius 1 is 0.912 bits per heavy atom. The molecule has 3 aromatic rings. The summed E-state index contributed by atoms with van der Waals surface area (Å²) in [4.78, 5) is 17.1. The van der Waals surface area contributed by atoms with Crippen LogP contribution in [0.1, 0.15) is 11.1 Å². The summed E-state index contributed by atoms with van der Waals surface area (Å²) in [5, 5.41) is 3.97. The summed E-state index contributed by atoms with van der Waals surface area (Å²) in [5.41, 5.74) is 4.12. The SMILES string of the molecule is CN1CCN(Cc2cc(-c3ccc(Cl)c(Cl)c3)ccc2OCC(=O)NCc2ccccc2)CC1. The van der Waals surface area contributed by atoms with Gasteiger partial charge in [0.1, 0.15) is 5.75 Å². The van der Waals surface area contributed by atoms with Crippen LogP contribution < -0.4 is 10.1 Å². The first kappa shape index (κ1) is 24.6. The molecule has 1 amide bonds. The number of rotatable bonds is 8. The molecule has 1 aliphatic rings. The number of likely N-dealkylation sites (N-methyl/N-ethyl adjacent to an activating group) is 1. The topological polar surface area (TPSA) is 44.8 Å². The van der Waals surface area contributed by atoms with Gasteiger partial charge in [0.2, 0.25) is 0 Å². The first-order valence-electron chi connectivity index (χ1n) is 11.4. The molecule has 3 aromatic carbocycles. The molecule has 178 valence electrons. The number of carbonyl (C=O) groups excluding carboxylic acids is 1. The summed E-state index contributed by atoms with van der Waals surface area (Å²) in [6.07, 6.45) is 0. The van der Waals surface area contributed by atoms with Crippen molar-refractivity contribution in [1.29, 1.82) is 0 Å². The monoisotopic (exact) mass is 497 g/mol. The molecule has 5 nitrogen and oxygen atoms in total. The van der Waals surface area contributed by atoms with E-state index in [9.17, 15) is 4.79 Å². The summed E-state index contributed by atoms with van der Waals surface area (Å²) in [5.74, 6) is 0.570. The number of benzene rings is 3. The molecule has 0 bridgehead atoms. The van der Waals surface area contributed by atoms with Gasteiger partial charge in [-0.2, -0.15) is 0 Å². The van der Waals surface area contributed by atoms with Crippen LogP contribution in [0.4, 0.5) is 0 Å². The van der Waals surface area contributed by atoms with Gasteiger partial charge in [-0.1, -0.05) is 65.7 Å². The van der Waals surface area contributed by atoms with Gasteiger partial charge in [0.05, 0.1) is 10.0 Å². The Balaban J connectivity index is 1.47. The minimum Gasteiger partial charge on any atom is -0.483 e. The van der Waals surface area contributed by atoms with E-state index >= 15 is 0 Å². The summed E-state index contributed by atoms with van der Waals surface area (Å²) in [6.45, 7) is 5.25. The highest BCUT2D eigenvalue weighted by Gasteiger charge is 2.17. The number of halogens is 2. The lowest BCUT2D eigenvalue weighted by Gasteiger charge is -2.32. The van der Waals surface area contributed by atoms with Crippen molar-refractivity contribution in [1.82, 2.24) is 15.1 Å². The number of piperazine rings is 1. The van der Waals surface area contributed by atoms with E-state index in [0.29, 0.717) is 16.6 Å². The van der Waals surface area contributed by atoms with Crippen LogP contribution in [0.25, 0.3) is 11.1 Å². The lowest BCUT2D eigenvalue weighted by atomic mass is 10.0. The van der Waals surface area contributed by atoms with Crippen LogP contribution >= 0.6 is 23.2 Å². The fourth-order valence-corrected chi connectivity index (χ4v) is 4.23. The first-order valence-corrected chi connectivity index (χ1v) is 12.2. The van der Waals surface area contributed by atoms with Crippen LogP contribution in [0, 0.1) is 0 Å². The number of carbonyl (C=O) groups is 1. The molecule has 0 aliphatic carbocycles. The normalized spacial score (nSPS) is 14.7. The number of hydrogen-bond donors (Lipinski definition) is 1. The summed E-state index contributed by atoms with van der Waals surface area (Å²) < 4.78 is 5.99. The second kappa shape index (κ2) is 11.7. The molecule has 0 radical (unpaired) electrons. The highest BCUT2D eigenvalue weighted by atomic mass is 35.5. The van der Waals surface area contributed by atoms with E-state index in [4.69, 9.17) is 27.9 Å². The largest absolute Gasteiger partial charge is 0.483 e. The van der Waals surface area contributed by atoms with E-state index in [1.54, 1.807) is 6.07 Å². The Morgan fingerprint density at radius 3 is 2.35 bits per heavy atom. The minimum absolute atomic E-state index is 0.0330. The number of hydrogen-bond acceptors (Lipinski definition) is 4. The van der Waals surface area contributed by atoms with E-state index in [2.05, 4.69) is 28.2 Å². The van der Waals surface area contributed by atoms with E-state index in [-0.39, 0.29) is 12.5 Å². The van der Waals surface area contributed by atoms with Gasteiger partial charge in [0.25, 0.3) is 5.91 Å². The average molecular weight is 498 g/mol. The second-order valence-electron chi connectivity index (χ2n) is 8.58. The Hall–Kier alpha value is -2.57. The van der Waals surface area contributed by atoms with E-state index < -0.39 is 0 Å². The van der Waals surface area contributed by atoms with Crippen molar-refractivity contribution in [2.75, 3.05) is 39.8 Å². The molecule has 1 heterocycles. The molecular weight excluding hydrogens is 469 g/mol. The van der Waals surface area contributed by atoms with Crippen LogP contribution in [0.15, 0.2) is 66.7 Å². The lowest BCUT2D eigenvalue weighted by Crippen LogP contribution is -2.43. The third-order valence-corrected chi connectivity index (χ3v) is 6.73. The molecule has 1 aliphatic heterocycles. The zero-order valence-corrected chi connectivity index (χ0v) is 20.8. The van der Waals surface area contributed by atoms with Crippen LogP contribution in [0.2, 0.25) is 10.0 Å². The highest BCUT2D eigenvalue weighted by molar-refractivity contribution is 6.42. The van der Waals surface area contributed by atoms with E-state index in [0.717, 1.165) is 60.7 Å². The molecule has 4 rings (SSSR count). The lowest BCUT2D eigenvalue weighted by molar-refractivity contribution is -0.123. The number of ether oxygens (including phenoxy) is 1. The van der Waals surface area contributed by atoms with Gasteiger partial charge in [-0.05, 0) is 48.0 Å². The zero-order valence-electron chi connectivity index (χ0n) is 19.3. The average Bonchev–Trinajstić information content (AvgIpc) is 2.85. The van der Waals surface area contributed by atoms with Crippen molar-refractivity contribution in [2.45, 2.75) is 13.1 Å². The maximum Gasteiger partial charge on any atom is 0.258 e. The van der Waals surface area contributed by atoms with Gasteiger partial charge in [-0.25, -0.2) is 0 Å². The van der Waals surface area contributed by atoms with Gasteiger partial charge >= 0.3 is 0 Å². The molecule has 1 fully saturated rings. The third-order valence-electron chi connectivity index (χ3n) is 5.99. The third kappa shape index (κ3) is 6.73. The molecule has 0 saturated carbocycles. The van der Waals surface area contributed by atoms with E-state index in [1.165, 1.54) is 0 Å². The van der Waals surface area contributed by atoms with Crippen molar-refractivity contribution in [2.24, 2.45) is 0 Å². The standard InChI is InChI=1S/C27H29Cl2N3O2/c1-31-11-13-32(14-12-31)18-23-15-21(22-7-9-24(28)25(29)16-22)8-10-26(23)34-19-27(33)30-17-20-5-3-2-4-6-20/h2-10,15-16H,11-14,17-19H2,1H3,(H,30,33). The number of nitrogens with one attached hydrogen (secondary N) is 1. The second-order valence-corrected chi connectivity index (χ2v) is 9.40. The summed E-state index contributed by atoms with van der Waals surface area (Å²) in [6, 6.07) is 21.5. The van der Waals surface area contributed by atoms with Crippen molar-refractivity contribution >= 4 is 29.1 Å². The molecule has 1 saturated heterocycles. The molecule has 0 aromatic heterocycles. The Kier molecular flexibility index (Phi) is 8.46. The van der Waals surface area contributed by atoms with Crippen LogP contribution in [-0.2, 0) is 17.9 Å². The zero-order chi connectivity index (χ0) is 23.9. The predicted octanol–water partition coefficient (Wildman–Crippen LogP) is 5.10. The summed E-state index contributed by atoms with van der Waals surface area (Å²) in [7, 11) is 2.14. The minimum atomic E-state index is -0.150. The molecule has 7 heteroatoms. The molecule has 0 spiro atoms. The number of nitrogens with zero attached hydrogens (tertiary/aromatic N) is 2. The maximum absolute atomic E-state index is 12.4. The fraction of sp³-hybridized carbons (Fsp3) is 0.296. The molecular formula is C27H29Cl2N3O2. The van der Waals surface area contributed by atoms with Gasteiger partial charge < -0.3 is 15.0 Å². The van der Waals surface area contributed by atoms with Crippen molar-refractivity contribution < 1.29 is 9.53 Å². The maximum atomic E-state index is 12.4.